The fraction of sp³-hybridized carbons (Fsp3) is 0.455. The zero-order chi connectivity index (χ0) is 21.4. The second-order valence-electron chi connectivity index (χ2n) is 8.05. The number of pyridine rings is 1. The summed E-state index contributed by atoms with van der Waals surface area (Å²) in [5.41, 5.74) is 1.94. The lowest BCUT2D eigenvalue weighted by atomic mass is 10.0. The van der Waals surface area contributed by atoms with Crippen molar-refractivity contribution in [3.05, 3.63) is 35.7 Å². The normalized spacial score (nSPS) is 14.8. The van der Waals surface area contributed by atoms with Crippen molar-refractivity contribution < 1.29 is 23.3 Å². The molecule has 1 amide bonds. The van der Waals surface area contributed by atoms with Crippen molar-refractivity contribution >= 4 is 23.0 Å². The minimum atomic E-state index is -0.423. The quantitative estimate of drug-likeness (QED) is 0.542. The Morgan fingerprint density at radius 1 is 1.30 bits per heavy atom. The Labute approximate surface area is 174 Å². The van der Waals surface area contributed by atoms with Crippen molar-refractivity contribution in [1.29, 1.82) is 0 Å². The molecule has 8 nitrogen and oxygen atoms in total. The van der Waals surface area contributed by atoms with E-state index in [9.17, 15) is 9.59 Å². The molecule has 3 aromatic heterocycles. The smallest absolute Gasteiger partial charge is 0.310 e. The summed E-state index contributed by atoms with van der Waals surface area (Å²) in [7, 11) is 1.36. The molecule has 0 bridgehead atoms. The number of carbonyl (C=O) groups excluding carboxylic acids is 2. The predicted molar refractivity (Wildman–Crippen MR) is 109 cm³/mol. The zero-order valence-corrected chi connectivity index (χ0v) is 17.5. The second kappa shape index (κ2) is 7.93. The number of furan rings is 1. The number of ether oxygens (including phenoxy) is 1. The molecule has 30 heavy (non-hydrogen) atoms. The summed E-state index contributed by atoms with van der Waals surface area (Å²) < 4.78 is 15.8. The summed E-state index contributed by atoms with van der Waals surface area (Å²) in [6.45, 7) is 6.04. The van der Waals surface area contributed by atoms with Gasteiger partial charge < -0.3 is 18.6 Å². The lowest BCUT2D eigenvalue weighted by Gasteiger charge is -2.25. The molecule has 4 rings (SSSR count). The van der Waals surface area contributed by atoms with Gasteiger partial charge in [-0.15, -0.1) is 0 Å². The zero-order valence-electron chi connectivity index (χ0n) is 17.5. The van der Waals surface area contributed by atoms with Crippen LogP contribution in [0.2, 0.25) is 0 Å². The van der Waals surface area contributed by atoms with Gasteiger partial charge in [0.25, 0.3) is 11.6 Å². The highest BCUT2D eigenvalue weighted by Crippen LogP contribution is 2.34. The second-order valence-corrected chi connectivity index (χ2v) is 8.05. The minimum Gasteiger partial charge on any atom is -0.469 e. The molecular weight excluding hydrogens is 386 g/mol. The predicted octanol–water partition coefficient (Wildman–Crippen LogP) is 4.02. The Morgan fingerprint density at radius 2 is 2.07 bits per heavy atom. The van der Waals surface area contributed by atoms with E-state index in [1.165, 1.54) is 7.11 Å². The van der Waals surface area contributed by atoms with E-state index in [4.69, 9.17) is 13.7 Å². The molecule has 1 fully saturated rings. The SMILES string of the molecule is COC(=O)C(C)CN(C(=O)c1cc(-c2ccco2)nc2onc(C(C)C)c12)C1CC1. The van der Waals surface area contributed by atoms with E-state index in [1.807, 2.05) is 13.8 Å². The molecule has 3 aromatic rings. The fourth-order valence-electron chi connectivity index (χ4n) is 3.60. The summed E-state index contributed by atoms with van der Waals surface area (Å²) in [6, 6.07) is 5.38. The maximum atomic E-state index is 13.7. The number of fused-ring (bicyclic) bond motifs is 1. The average molecular weight is 411 g/mol. The molecule has 1 aliphatic rings. The van der Waals surface area contributed by atoms with Gasteiger partial charge in [0.2, 0.25) is 0 Å². The van der Waals surface area contributed by atoms with Crippen molar-refractivity contribution in [2.24, 2.45) is 5.92 Å². The third kappa shape index (κ3) is 3.69. The first-order valence-electron chi connectivity index (χ1n) is 10.1. The van der Waals surface area contributed by atoms with E-state index in [0.717, 1.165) is 12.8 Å². The van der Waals surface area contributed by atoms with Crippen LogP contribution in [0.15, 0.2) is 33.4 Å². The van der Waals surface area contributed by atoms with Gasteiger partial charge in [-0.1, -0.05) is 25.9 Å². The van der Waals surface area contributed by atoms with Crippen LogP contribution >= 0.6 is 0 Å². The molecule has 0 aliphatic heterocycles. The van der Waals surface area contributed by atoms with Gasteiger partial charge in [0.15, 0.2) is 5.76 Å². The third-order valence-electron chi connectivity index (χ3n) is 5.35. The number of carbonyl (C=O) groups is 2. The molecule has 3 heterocycles. The van der Waals surface area contributed by atoms with E-state index in [-0.39, 0.29) is 23.8 Å². The molecule has 0 N–H and O–H groups in total. The maximum Gasteiger partial charge on any atom is 0.310 e. The molecule has 1 atom stereocenters. The van der Waals surface area contributed by atoms with Crippen molar-refractivity contribution in [1.82, 2.24) is 15.0 Å². The van der Waals surface area contributed by atoms with Crippen LogP contribution in [0.1, 0.15) is 55.6 Å². The van der Waals surface area contributed by atoms with Gasteiger partial charge in [0, 0.05) is 12.6 Å². The molecule has 1 saturated carbocycles. The van der Waals surface area contributed by atoms with Gasteiger partial charge in [-0.2, -0.15) is 0 Å². The summed E-state index contributed by atoms with van der Waals surface area (Å²) in [5, 5.41) is 4.78. The van der Waals surface area contributed by atoms with Crippen LogP contribution in [0.25, 0.3) is 22.6 Å². The van der Waals surface area contributed by atoms with E-state index in [1.54, 1.807) is 36.3 Å². The van der Waals surface area contributed by atoms with E-state index >= 15 is 0 Å². The molecule has 0 aromatic carbocycles. The minimum absolute atomic E-state index is 0.0532. The largest absolute Gasteiger partial charge is 0.469 e. The van der Waals surface area contributed by atoms with Gasteiger partial charge in [0.05, 0.1) is 35.9 Å². The standard InChI is InChI=1S/C22H25N3O5/c1-12(2)19-18-15(10-16(17-6-5-9-29-17)23-20(18)30-24-19)21(26)25(14-7-8-14)11-13(3)22(27)28-4/h5-6,9-10,12-14H,7-8,11H2,1-4H3. The van der Waals surface area contributed by atoms with Crippen LogP contribution in [-0.2, 0) is 9.53 Å². The topological polar surface area (TPSA) is 98.7 Å². The molecule has 1 aliphatic carbocycles. The molecule has 8 heteroatoms. The van der Waals surface area contributed by atoms with Crippen molar-refractivity contribution in [3.8, 4) is 11.5 Å². The number of hydrogen-bond acceptors (Lipinski definition) is 7. The van der Waals surface area contributed by atoms with Gasteiger partial charge in [-0.3, -0.25) is 9.59 Å². The van der Waals surface area contributed by atoms with Gasteiger partial charge >= 0.3 is 5.97 Å². The monoisotopic (exact) mass is 411 g/mol. The van der Waals surface area contributed by atoms with E-state index in [2.05, 4.69) is 10.1 Å². The van der Waals surface area contributed by atoms with Crippen LogP contribution in [0, 0.1) is 5.92 Å². The number of hydrogen-bond donors (Lipinski definition) is 0. The molecule has 158 valence electrons. The van der Waals surface area contributed by atoms with Gasteiger partial charge in [-0.05, 0) is 37.0 Å². The van der Waals surface area contributed by atoms with E-state index < -0.39 is 5.92 Å². The first-order chi connectivity index (χ1) is 14.4. The van der Waals surface area contributed by atoms with Crippen molar-refractivity contribution in [2.45, 2.75) is 45.6 Å². The molecule has 0 spiro atoms. The summed E-state index contributed by atoms with van der Waals surface area (Å²) in [5.74, 6) is -0.337. The first kappa shape index (κ1) is 20.1. The number of methoxy groups -OCH3 is 1. The highest BCUT2D eigenvalue weighted by Gasteiger charge is 2.37. The Bertz CT molecular complexity index is 1070. The van der Waals surface area contributed by atoms with Crippen molar-refractivity contribution in [3.63, 3.8) is 0 Å². The highest BCUT2D eigenvalue weighted by atomic mass is 16.5. The molecule has 0 radical (unpaired) electrons. The summed E-state index contributed by atoms with van der Waals surface area (Å²) in [6.07, 6.45) is 3.39. The molecule has 0 saturated heterocycles. The van der Waals surface area contributed by atoms with Crippen LogP contribution in [0.3, 0.4) is 0 Å². The lowest BCUT2D eigenvalue weighted by molar-refractivity contribution is -0.145. The Hall–Kier alpha value is -3.16. The number of amides is 1. The van der Waals surface area contributed by atoms with E-state index in [0.29, 0.717) is 40.4 Å². The number of esters is 1. The van der Waals surface area contributed by atoms with Crippen LogP contribution in [0.5, 0.6) is 0 Å². The average Bonchev–Trinajstić information content (AvgIpc) is 3.25. The maximum absolute atomic E-state index is 13.7. The number of rotatable bonds is 7. The Morgan fingerprint density at radius 3 is 2.67 bits per heavy atom. The summed E-state index contributed by atoms with van der Waals surface area (Å²) in [4.78, 5) is 32.0. The van der Waals surface area contributed by atoms with Gasteiger partial charge in [-0.25, -0.2) is 4.98 Å². The highest BCUT2D eigenvalue weighted by molar-refractivity contribution is 6.07. The van der Waals surface area contributed by atoms with Crippen LogP contribution in [-0.4, -0.2) is 46.6 Å². The summed E-state index contributed by atoms with van der Waals surface area (Å²) >= 11 is 0. The number of nitrogens with zero attached hydrogens (tertiary/aromatic N) is 3. The fourth-order valence-corrected chi connectivity index (χ4v) is 3.60. The number of aromatic nitrogens is 2. The van der Waals surface area contributed by atoms with Gasteiger partial charge in [0.1, 0.15) is 5.69 Å². The Kier molecular flexibility index (Phi) is 5.32. The third-order valence-corrected chi connectivity index (χ3v) is 5.35. The Balaban J connectivity index is 1.81. The van der Waals surface area contributed by atoms with Crippen molar-refractivity contribution in [2.75, 3.05) is 13.7 Å². The first-order valence-corrected chi connectivity index (χ1v) is 10.1. The lowest BCUT2D eigenvalue weighted by Crippen LogP contribution is -2.39. The van der Waals surface area contributed by atoms with Crippen LogP contribution in [0.4, 0.5) is 0 Å². The van der Waals surface area contributed by atoms with Crippen LogP contribution < -0.4 is 0 Å². The molecule has 1 unspecified atom stereocenters. The molecular formula is C22H25N3O5.